The summed E-state index contributed by atoms with van der Waals surface area (Å²) in [5.41, 5.74) is 8.56. The molecule has 0 spiro atoms. The molecule has 0 aliphatic heterocycles. The summed E-state index contributed by atoms with van der Waals surface area (Å²) >= 11 is 0. The van der Waals surface area contributed by atoms with Crippen LogP contribution in [0.5, 0.6) is 0 Å². The van der Waals surface area contributed by atoms with E-state index in [-0.39, 0.29) is 29.6 Å². The Hall–Kier alpha value is -1.06. The first-order valence-corrected chi connectivity index (χ1v) is 8.49. The van der Waals surface area contributed by atoms with Gasteiger partial charge < -0.3 is 11.1 Å². The first-order valence-electron chi connectivity index (χ1n) is 8.49. The van der Waals surface area contributed by atoms with Crippen molar-refractivity contribution >= 4 is 18.3 Å². The maximum Gasteiger partial charge on any atom is 0.223 e. The molecule has 2 atom stereocenters. The van der Waals surface area contributed by atoms with Gasteiger partial charge >= 0.3 is 0 Å². The van der Waals surface area contributed by atoms with E-state index in [2.05, 4.69) is 50.4 Å². The summed E-state index contributed by atoms with van der Waals surface area (Å²) in [7, 11) is 0. The van der Waals surface area contributed by atoms with Gasteiger partial charge in [-0.15, -0.1) is 12.4 Å². The Kier molecular flexibility index (Phi) is 7.56. The van der Waals surface area contributed by atoms with Crippen molar-refractivity contribution in [3.63, 3.8) is 0 Å². The first-order chi connectivity index (χ1) is 10.4. The lowest BCUT2D eigenvalue weighted by molar-refractivity contribution is -0.125. The van der Waals surface area contributed by atoms with Gasteiger partial charge in [-0.3, -0.25) is 4.79 Å². The van der Waals surface area contributed by atoms with Gasteiger partial charge in [0.05, 0.1) is 0 Å². The average molecular weight is 339 g/mol. The van der Waals surface area contributed by atoms with Crippen LogP contribution in [0.25, 0.3) is 0 Å². The van der Waals surface area contributed by atoms with Crippen LogP contribution in [0.4, 0.5) is 0 Å². The van der Waals surface area contributed by atoms with Gasteiger partial charge in [0.25, 0.3) is 0 Å². The molecule has 0 saturated heterocycles. The Bertz CT molecular complexity index is 493. The predicted octanol–water partition coefficient (Wildman–Crippen LogP) is 3.44. The standard InChI is InChI=1S/C19H30N2O.ClH/c1-19(2,3)16-9-7-14(8-10-16)11-12-21-18(22)17-6-4-5-15(17)13-20;/h7-10,15,17H,4-6,11-13,20H2,1-3H3,(H,21,22);1H/t15-,17-;/m1./s1. The van der Waals surface area contributed by atoms with Crippen molar-refractivity contribution in [3.8, 4) is 0 Å². The molecule has 1 saturated carbocycles. The number of hydrogen-bond acceptors (Lipinski definition) is 2. The van der Waals surface area contributed by atoms with E-state index >= 15 is 0 Å². The number of hydrogen-bond donors (Lipinski definition) is 2. The lowest BCUT2D eigenvalue weighted by Gasteiger charge is -2.19. The van der Waals surface area contributed by atoms with Crippen molar-refractivity contribution in [2.45, 2.75) is 51.9 Å². The number of carbonyl (C=O) groups excluding carboxylic acids is 1. The second-order valence-corrected chi connectivity index (χ2v) is 7.52. The maximum atomic E-state index is 12.2. The maximum absolute atomic E-state index is 12.2. The number of amides is 1. The van der Waals surface area contributed by atoms with E-state index in [1.165, 1.54) is 11.1 Å². The van der Waals surface area contributed by atoms with Crippen LogP contribution in [0.2, 0.25) is 0 Å². The third-order valence-corrected chi connectivity index (χ3v) is 4.83. The Morgan fingerprint density at radius 3 is 2.43 bits per heavy atom. The fraction of sp³-hybridized carbons (Fsp3) is 0.632. The van der Waals surface area contributed by atoms with Gasteiger partial charge in [-0.25, -0.2) is 0 Å². The van der Waals surface area contributed by atoms with E-state index in [0.29, 0.717) is 19.0 Å². The van der Waals surface area contributed by atoms with Crippen molar-refractivity contribution in [2.24, 2.45) is 17.6 Å². The minimum absolute atomic E-state index is 0. The number of benzene rings is 1. The zero-order chi connectivity index (χ0) is 16.2. The Balaban J connectivity index is 0.00000264. The summed E-state index contributed by atoms with van der Waals surface area (Å²) in [4.78, 5) is 12.2. The normalized spacial score (nSPS) is 20.9. The molecule has 1 aromatic carbocycles. The Morgan fingerprint density at radius 2 is 1.87 bits per heavy atom. The molecular weight excluding hydrogens is 308 g/mol. The Morgan fingerprint density at radius 1 is 1.22 bits per heavy atom. The monoisotopic (exact) mass is 338 g/mol. The SMILES string of the molecule is CC(C)(C)c1ccc(CCNC(=O)[C@@H]2CCC[C@@H]2CN)cc1.Cl. The first kappa shape index (κ1) is 20.0. The molecule has 0 heterocycles. The van der Waals surface area contributed by atoms with Gasteiger partial charge in [0.1, 0.15) is 0 Å². The molecule has 3 nitrogen and oxygen atoms in total. The molecule has 4 heteroatoms. The molecule has 1 amide bonds. The zero-order valence-corrected chi connectivity index (χ0v) is 15.4. The minimum atomic E-state index is 0. The fourth-order valence-electron chi connectivity index (χ4n) is 3.30. The molecular formula is C19H31ClN2O. The number of rotatable bonds is 5. The second kappa shape index (κ2) is 8.70. The zero-order valence-electron chi connectivity index (χ0n) is 14.6. The summed E-state index contributed by atoms with van der Waals surface area (Å²) < 4.78 is 0. The third-order valence-electron chi connectivity index (χ3n) is 4.83. The highest BCUT2D eigenvalue weighted by Crippen LogP contribution is 2.30. The van der Waals surface area contributed by atoms with Crippen LogP contribution in [0.15, 0.2) is 24.3 Å². The van der Waals surface area contributed by atoms with Crippen LogP contribution in [-0.2, 0) is 16.6 Å². The smallest absolute Gasteiger partial charge is 0.223 e. The van der Waals surface area contributed by atoms with Gasteiger partial charge in [-0.05, 0) is 48.3 Å². The highest BCUT2D eigenvalue weighted by molar-refractivity contribution is 5.85. The van der Waals surface area contributed by atoms with Crippen molar-refractivity contribution in [2.75, 3.05) is 13.1 Å². The van der Waals surface area contributed by atoms with Crippen molar-refractivity contribution in [3.05, 3.63) is 35.4 Å². The van der Waals surface area contributed by atoms with Gasteiger partial charge in [0, 0.05) is 12.5 Å². The lowest BCUT2D eigenvalue weighted by Crippen LogP contribution is -2.36. The fourth-order valence-corrected chi connectivity index (χ4v) is 3.30. The topological polar surface area (TPSA) is 55.1 Å². The summed E-state index contributed by atoms with van der Waals surface area (Å²) in [6, 6.07) is 8.73. The van der Waals surface area contributed by atoms with E-state index in [1.54, 1.807) is 0 Å². The van der Waals surface area contributed by atoms with Gasteiger partial charge in [-0.2, -0.15) is 0 Å². The summed E-state index contributed by atoms with van der Waals surface area (Å²) in [5, 5.41) is 3.09. The molecule has 0 unspecified atom stereocenters. The van der Waals surface area contributed by atoms with Crippen LogP contribution in [0.3, 0.4) is 0 Å². The summed E-state index contributed by atoms with van der Waals surface area (Å²) in [6.45, 7) is 8.00. The number of halogens is 1. The highest BCUT2D eigenvalue weighted by Gasteiger charge is 2.31. The molecule has 2 rings (SSSR count). The second-order valence-electron chi connectivity index (χ2n) is 7.52. The van der Waals surface area contributed by atoms with Crippen molar-refractivity contribution in [1.29, 1.82) is 0 Å². The molecule has 23 heavy (non-hydrogen) atoms. The van der Waals surface area contributed by atoms with E-state index in [4.69, 9.17) is 5.73 Å². The van der Waals surface area contributed by atoms with Crippen LogP contribution in [0.1, 0.15) is 51.2 Å². The van der Waals surface area contributed by atoms with E-state index in [1.807, 2.05) is 0 Å². The summed E-state index contributed by atoms with van der Waals surface area (Å²) in [5.74, 6) is 0.707. The molecule has 3 N–H and O–H groups in total. The number of carbonyl (C=O) groups is 1. The molecule has 130 valence electrons. The average Bonchev–Trinajstić information content (AvgIpc) is 2.95. The molecule has 1 aliphatic carbocycles. The molecule has 1 aliphatic rings. The largest absolute Gasteiger partial charge is 0.356 e. The van der Waals surface area contributed by atoms with Crippen molar-refractivity contribution < 1.29 is 4.79 Å². The molecule has 0 radical (unpaired) electrons. The van der Waals surface area contributed by atoms with E-state index in [0.717, 1.165) is 25.7 Å². The minimum Gasteiger partial charge on any atom is -0.356 e. The number of nitrogens with one attached hydrogen (secondary N) is 1. The van der Waals surface area contributed by atoms with Gasteiger partial charge in [-0.1, -0.05) is 51.5 Å². The third kappa shape index (κ3) is 5.50. The molecule has 1 fully saturated rings. The highest BCUT2D eigenvalue weighted by atomic mass is 35.5. The Labute approximate surface area is 146 Å². The predicted molar refractivity (Wildman–Crippen MR) is 99.0 cm³/mol. The van der Waals surface area contributed by atoms with E-state index in [9.17, 15) is 4.79 Å². The molecule has 0 aromatic heterocycles. The van der Waals surface area contributed by atoms with Crippen molar-refractivity contribution in [1.82, 2.24) is 5.32 Å². The van der Waals surface area contributed by atoms with Crippen LogP contribution >= 0.6 is 12.4 Å². The van der Waals surface area contributed by atoms with Crippen LogP contribution in [0, 0.1) is 11.8 Å². The van der Waals surface area contributed by atoms with Crippen LogP contribution in [-0.4, -0.2) is 19.0 Å². The lowest BCUT2D eigenvalue weighted by atomic mass is 9.86. The van der Waals surface area contributed by atoms with Gasteiger partial charge in [0.15, 0.2) is 0 Å². The van der Waals surface area contributed by atoms with E-state index < -0.39 is 0 Å². The quantitative estimate of drug-likeness (QED) is 0.864. The molecule has 1 aromatic rings. The van der Waals surface area contributed by atoms with Gasteiger partial charge in [0.2, 0.25) is 5.91 Å². The number of nitrogens with two attached hydrogens (primary N) is 1. The summed E-state index contributed by atoms with van der Waals surface area (Å²) in [6.07, 6.45) is 4.11. The van der Waals surface area contributed by atoms with Crippen LogP contribution < -0.4 is 11.1 Å². The molecule has 0 bridgehead atoms.